The lowest BCUT2D eigenvalue weighted by molar-refractivity contribution is -0.118. The molecular weight excluding hydrogens is 366 g/mol. The molecule has 146 valence electrons. The van der Waals surface area contributed by atoms with Crippen LogP contribution in [-0.2, 0) is 21.1 Å². The van der Waals surface area contributed by atoms with Crippen LogP contribution in [0.4, 0.5) is 0 Å². The normalized spacial score (nSPS) is 12.1. The molecule has 4 nitrogen and oxygen atoms in total. The molecule has 26 heavy (non-hydrogen) atoms. The highest BCUT2D eigenvalue weighted by Crippen LogP contribution is 2.31. The molecule has 1 aromatic carbocycles. The lowest BCUT2D eigenvalue weighted by Gasteiger charge is -2.18. The number of rotatable bonds is 7. The van der Waals surface area contributed by atoms with Gasteiger partial charge in [-0.15, -0.1) is 0 Å². The molecule has 0 radical (unpaired) electrons. The second-order valence-electron chi connectivity index (χ2n) is 8.22. The van der Waals surface area contributed by atoms with Gasteiger partial charge < -0.3 is 10.5 Å². The van der Waals surface area contributed by atoms with Crippen LogP contribution in [0.15, 0.2) is 18.2 Å². The number of benzene rings is 1. The van der Waals surface area contributed by atoms with Crippen molar-refractivity contribution in [3.8, 4) is 5.75 Å². The number of carbonyl (C=O) groups excluding carboxylic acids is 2. The Morgan fingerprint density at radius 3 is 1.88 bits per heavy atom. The Hall–Kier alpha value is -0.980. The van der Waals surface area contributed by atoms with E-state index in [0.717, 1.165) is 16.9 Å². The predicted molar refractivity (Wildman–Crippen MR) is 113 cm³/mol. The van der Waals surface area contributed by atoms with Crippen molar-refractivity contribution in [1.29, 1.82) is 0 Å². The van der Waals surface area contributed by atoms with Crippen molar-refractivity contribution in [3.05, 3.63) is 29.3 Å². The Morgan fingerprint density at radius 2 is 1.42 bits per heavy atom. The van der Waals surface area contributed by atoms with Crippen LogP contribution < -0.4 is 10.5 Å². The molecule has 0 unspecified atom stereocenters. The Kier molecular flexibility index (Phi) is 8.70. The third-order valence-electron chi connectivity index (χ3n) is 3.51. The molecule has 6 heteroatoms. The van der Waals surface area contributed by atoms with E-state index in [2.05, 4.69) is 0 Å². The van der Waals surface area contributed by atoms with Gasteiger partial charge in [0.25, 0.3) is 0 Å². The molecule has 0 heterocycles. The van der Waals surface area contributed by atoms with E-state index >= 15 is 0 Å². The average molecular weight is 398 g/mol. The standard InChI is InChI=1S/C20H31NO3S2/c1-19(2,3)17(22)25-12-14-7-8-16(24-10-9-21)11-15(14)13-26-18(23)20(4,5)6/h7-8,11H,9-10,12-13,21H2,1-6H3. The van der Waals surface area contributed by atoms with E-state index in [-0.39, 0.29) is 21.1 Å². The van der Waals surface area contributed by atoms with Crippen molar-refractivity contribution in [2.45, 2.75) is 53.0 Å². The molecule has 0 saturated carbocycles. The van der Waals surface area contributed by atoms with Crippen LogP contribution in [-0.4, -0.2) is 23.4 Å². The minimum absolute atomic E-state index is 0.148. The summed E-state index contributed by atoms with van der Waals surface area (Å²) in [6.45, 7) is 12.4. The number of ether oxygens (including phenoxy) is 1. The fourth-order valence-corrected chi connectivity index (χ4v) is 3.85. The Bertz CT molecular complexity index is 631. The number of thioether (sulfide) groups is 2. The molecule has 0 spiro atoms. The highest BCUT2D eigenvalue weighted by Gasteiger charge is 2.24. The minimum atomic E-state index is -0.380. The average Bonchev–Trinajstić information content (AvgIpc) is 2.54. The van der Waals surface area contributed by atoms with Gasteiger partial charge >= 0.3 is 0 Å². The minimum Gasteiger partial charge on any atom is -0.492 e. The van der Waals surface area contributed by atoms with Crippen LogP contribution in [0.1, 0.15) is 52.7 Å². The highest BCUT2D eigenvalue weighted by atomic mass is 32.2. The molecule has 0 saturated heterocycles. The van der Waals surface area contributed by atoms with Crippen molar-refractivity contribution in [3.63, 3.8) is 0 Å². The van der Waals surface area contributed by atoms with Gasteiger partial charge in [0, 0.05) is 28.9 Å². The number of hydrogen-bond donors (Lipinski definition) is 1. The summed E-state index contributed by atoms with van der Waals surface area (Å²) in [4.78, 5) is 24.5. The van der Waals surface area contributed by atoms with Crippen molar-refractivity contribution in [2.24, 2.45) is 16.6 Å². The smallest absolute Gasteiger partial charge is 0.194 e. The molecule has 2 N–H and O–H groups in total. The van der Waals surface area contributed by atoms with Gasteiger partial charge in [-0.2, -0.15) is 0 Å². The molecule has 0 aliphatic rings. The van der Waals surface area contributed by atoms with Crippen LogP contribution in [0, 0.1) is 10.8 Å². The topological polar surface area (TPSA) is 69.4 Å². The maximum Gasteiger partial charge on any atom is 0.194 e. The van der Waals surface area contributed by atoms with E-state index in [9.17, 15) is 9.59 Å². The Morgan fingerprint density at radius 1 is 0.923 bits per heavy atom. The molecule has 0 aliphatic carbocycles. The van der Waals surface area contributed by atoms with Crippen molar-refractivity contribution in [1.82, 2.24) is 0 Å². The first kappa shape index (κ1) is 23.1. The van der Waals surface area contributed by atoms with Gasteiger partial charge in [-0.05, 0) is 23.3 Å². The summed E-state index contributed by atoms with van der Waals surface area (Å²) < 4.78 is 5.61. The van der Waals surface area contributed by atoms with E-state index in [1.165, 1.54) is 23.5 Å². The molecule has 0 atom stereocenters. The summed E-state index contributed by atoms with van der Waals surface area (Å²) in [5, 5.41) is 0.306. The molecule has 0 fully saturated rings. The van der Waals surface area contributed by atoms with E-state index < -0.39 is 0 Å². The number of nitrogens with two attached hydrogens (primary N) is 1. The first-order valence-corrected chi connectivity index (χ1v) is 10.7. The SMILES string of the molecule is CC(C)(C)C(=O)SCc1ccc(OCCN)cc1CSC(=O)C(C)(C)C. The van der Waals surface area contributed by atoms with Gasteiger partial charge in [0.05, 0.1) is 0 Å². The third kappa shape index (κ3) is 7.72. The third-order valence-corrected chi connectivity index (χ3v) is 6.17. The Labute approximate surface area is 166 Å². The number of hydrogen-bond acceptors (Lipinski definition) is 6. The first-order chi connectivity index (χ1) is 11.9. The fraction of sp³-hybridized carbons (Fsp3) is 0.600. The number of carbonyl (C=O) groups is 2. The second kappa shape index (κ2) is 9.81. The van der Waals surface area contributed by atoms with Gasteiger partial charge in [0.1, 0.15) is 12.4 Å². The van der Waals surface area contributed by atoms with Crippen molar-refractivity contribution >= 4 is 33.8 Å². The quantitative estimate of drug-likeness (QED) is 0.723. The van der Waals surface area contributed by atoms with Gasteiger partial charge in [-0.1, -0.05) is 71.1 Å². The predicted octanol–water partition coefficient (Wildman–Crippen LogP) is 4.64. The van der Waals surface area contributed by atoms with Gasteiger partial charge in [0.2, 0.25) is 0 Å². The van der Waals surface area contributed by atoms with Crippen LogP contribution >= 0.6 is 23.5 Å². The molecule has 0 bridgehead atoms. The van der Waals surface area contributed by atoms with E-state index in [4.69, 9.17) is 10.5 Å². The summed E-state index contributed by atoms with van der Waals surface area (Å²) in [6, 6.07) is 5.83. The van der Waals surface area contributed by atoms with Crippen LogP contribution in [0.2, 0.25) is 0 Å². The molecule has 1 rings (SSSR count). The zero-order valence-electron chi connectivity index (χ0n) is 16.7. The van der Waals surface area contributed by atoms with Gasteiger partial charge in [-0.25, -0.2) is 0 Å². The monoisotopic (exact) mass is 397 g/mol. The van der Waals surface area contributed by atoms with E-state index in [0.29, 0.717) is 24.7 Å². The van der Waals surface area contributed by atoms with Crippen molar-refractivity contribution in [2.75, 3.05) is 13.2 Å². The zero-order valence-corrected chi connectivity index (χ0v) is 18.3. The first-order valence-electron chi connectivity index (χ1n) is 8.74. The van der Waals surface area contributed by atoms with Crippen LogP contribution in [0.3, 0.4) is 0 Å². The van der Waals surface area contributed by atoms with Gasteiger partial charge in [-0.3, -0.25) is 9.59 Å². The molecule has 0 aromatic heterocycles. The summed E-state index contributed by atoms with van der Waals surface area (Å²) >= 11 is 2.63. The second-order valence-corrected chi connectivity index (χ2v) is 10.1. The van der Waals surface area contributed by atoms with Crippen LogP contribution in [0.5, 0.6) is 5.75 Å². The van der Waals surface area contributed by atoms with Crippen LogP contribution in [0.25, 0.3) is 0 Å². The maximum atomic E-state index is 12.3. The lowest BCUT2D eigenvalue weighted by Crippen LogP contribution is -2.17. The largest absolute Gasteiger partial charge is 0.492 e. The van der Waals surface area contributed by atoms with E-state index in [1.807, 2.05) is 59.7 Å². The highest BCUT2D eigenvalue weighted by molar-refractivity contribution is 8.13. The van der Waals surface area contributed by atoms with E-state index in [1.54, 1.807) is 0 Å². The molecular formula is C20H31NO3S2. The Balaban J connectivity index is 2.93. The summed E-state index contributed by atoms with van der Waals surface area (Å²) in [5.74, 6) is 1.90. The fourth-order valence-electron chi connectivity index (χ4n) is 1.86. The summed E-state index contributed by atoms with van der Waals surface area (Å²) in [7, 11) is 0. The molecule has 0 amide bonds. The van der Waals surface area contributed by atoms with Crippen molar-refractivity contribution < 1.29 is 14.3 Å². The maximum absolute atomic E-state index is 12.3. The summed E-state index contributed by atoms with van der Waals surface area (Å²) in [6.07, 6.45) is 0. The molecule has 1 aromatic rings. The van der Waals surface area contributed by atoms with Gasteiger partial charge in [0.15, 0.2) is 10.2 Å². The zero-order chi connectivity index (χ0) is 20.0. The molecule has 0 aliphatic heterocycles. The lowest BCUT2D eigenvalue weighted by atomic mass is 9.99. The summed E-state index contributed by atoms with van der Waals surface area (Å²) in [5.41, 5.74) is 6.83.